The first-order valence-electron chi connectivity index (χ1n) is 11.6. The monoisotopic (exact) mass is 512 g/mol. The van der Waals surface area contributed by atoms with E-state index < -0.39 is 5.66 Å². The first-order valence-corrected chi connectivity index (χ1v) is 13.4. The molecule has 0 radical (unpaired) electrons. The Morgan fingerprint density at radius 2 is 1.94 bits per heavy atom. The van der Waals surface area contributed by atoms with Crippen molar-refractivity contribution >= 4 is 35.5 Å². The highest BCUT2D eigenvalue weighted by atomic mass is 32.2. The summed E-state index contributed by atoms with van der Waals surface area (Å²) in [7, 11) is 1.66. The summed E-state index contributed by atoms with van der Waals surface area (Å²) in [4.78, 5) is 28.4. The van der Waals surface area contributed by atoms with Gasteiger partial charge in [-0.1, -0.05) is 43.0 Å². The molecule has 2 saturated heterocycles. The summed E-state index contributed by atoms with van der Waals surface area (Å²) in [6.07, 6.45) is 4.18. The zero-order valence-corrected chi connectivity index (χ0v) is 21.9. The largest absolute Gasteiger partial charge is 0.497 e. The molecule has 7 nitrogen and oxygen atoms in total. The van der Waals surface area contributed by atoms with E-state index in [1.165, 1.54) is 0 Å². The van der Waals surface area contributed by atoms with E-state index in [1.807, 2.05) is 59.7 Å². The minimum absolute atomic E-state index is 0.108. The van der Waals surface area contributed by atoms with Gasteiger partial charge in [0.1, 0.15) is 5.75 Å². The van der Waals surface area contributed by atoms with Crippen LogP contribution in [0.2, 0.25) is 0 Å². The molecule has 0 bridgehead atoms. The number of para-hydroxylation sites is 1. The van der Waals surface area contributed by atoms with Gasteiger partial charge in [0.25, 0.3) is 5.24 Å². The zero-order chi connectivity index (χ0) is 25.3. The number of nitriles is 1. The van der Waals surface area contributed by atoms with Crippen LogP contribution in [0, 0.1) is 11.3 Å². The highest BCUT2D eigenvalue weighted by molar-refractivity contribution is 7.98. The van der Waals surface area contributed by atoms with Crippen LogP contribution in [0.4, 0.5) is 4.79 Å². The number of methoxy groups -OCH3 is 1. The van der Waals surface area contributed by atoms with Crippen LogP contribution in [0.25, 0.3) is 0 Å². The molecule has 2 fully saturated rings. The van der Waals surface area contributed by atoms with Gasteiger partial charge in [-0.3, -0.25) is 14.9 Å². The summed E-state index contributed by atoms with van der Waals surface area (Å²) in [5, 5.41) is 12.5. The molecular formula is C26H32N4O3S2. The van der Waals surface area contributed by atoms with Crippen LogP contribution in [-0.2, 0) is 11.3 Å². The van der Waals surface area contributed by atoms with Gasteiger partial charge in [0.05, 0.1) is 30.4 Å². The molecule has 2 aromatic rings. The van der Waals surface area contributed by atoms with Gasteiger partial charge in [0.2, 0.25) is 5.91 Å². The molecule has 0 aliphatic carbocycles. The topological polar surface area (TPSA) is 85.7 Å². The number of nitrogens with zero attached hydrogens (tertiary/aromatic N) is 3. The smallest absolute Gasteiger partial charge is 0.278 e. The third-order valence-electron chi connectivity index (χ3n) is 6.37. The zero-order valence-electron chi connectivity index (χ0n) is 20.1. The molecule has 2 amide bonds. The van der Waals surface area contributed by atoms with E-state index in [1.54, 1.807) is 29.8 Å². The Hall–Kier alpha value is -2.67. The van der Waals surface area contributed by atoms with Crippen molar-refractivity contribution < 1.29 is 14.3 Å². The first kappa shape index (κ1) is 26.9. The molecular weight excluding hydrogens is 480 g/mol. The number of amides is 2. The van der Waals surface area contributed by atoms with Gasteiger partial charge in [0.15, 0.2) is 0 Å². The lowest BCUT2D eigenvalue weighted by Crippen LogP contribution is -2.58. The number of likely N-dealkylation sites (tertiary alicyclic amines) is 1. The first-order chi connectivity index (χ1) is 16.9. The van der Waals surface area contributed by atoms with Gasteiger partial charge in [-0.2, -0.15) is 17.0 Å². The fourth-order valence-corrected chi connectivity index (χ4v) is 5.16. The molecule has 186 valence electrons. The number of piperidine rings is 1. The maximum atomic E-state index is 13.2. The van der Waals surface area contributed by atoms with Crippen LogP contribution in [0.5, 0.6) is 5.75 Å². The van der Waals surface area contributed by atoms with Crippen LogP contribution in [0.3, 0.4) is 0 Å². The Morgan fingerprint density at radius 1 is 1.23 bits per heavy atom. The van der Waals surface area contributed by atoms with E-state index in [0.717, 1.165) is 23.5 Å². The summed E-state index contributed by atoms with van der Waals surface area (Å²) >= 11 is 5.66. The van der Waals surface area contributed by atoms with Crippen molar-refractivity contribution in [3.05, 3.63) is 65.7 Å². The number of hydrogen-bond donors (Lipinski definition) is 2. The van der Waals surface area contributed by atoms with E-state index >= 15 is 0 Å². The maximum absolute atomic E-state index is 13.2. The molecule has 2 aromatic carbocycles. The van der Waals surface area contributed by atoms with Crippen LogP contribution in [-0.4, -0.2) is 64.9 Å². The molecule has 1 spiro atoms. The number of thioether (sulfide) groups is 1. The van der Waals surface area contributed by atoms with E-state index in [4.69, 9.17) is 10.00 Å². The summed E-state index contributed by atoms with van der Waals surface area (Å²) in [6, 6.07) is 19.0. The quantitative estimate of drug-likeness (QED) is 0.566. The Labute approximate surface area is 217 Å². The molecule has 0 aromatic heterocycles. The lowest BCUT2D eigenvalue weighted by atomic mass is 9.95. The number of rotatable bonds is 6. The number of benzene rings is 2. The molecule has 35 heavy (non-hydrogen) atoms. The molecule has 0 saturated carbocycles. The molecule has 2 heterocycles. The summed E-state index contributed by atoms with van der Waals surface area (Å²) in [5.41, 5.74) is 1.10. The molecule has 2 aliphatic heterocycles. The van der Waals surface area contributed by atoms with E-state index in [0.29, 0.717) is 38.0 Å². The van der Waals surface area contributed by atoms with Crippen LogP contribution in [0.1, 0.15) is 30.4 Å². The fraction of sp³-hybridized carbons (Fsp3) is 0.423. The fourth-order valence-electron chi connectivity index (χ4n) is 4.48. The number of thiol groups is 1. The Kier molecular flexibility index (Phi) is 9.90. The van der Waals surface area contributed by atoms with Gasteiger partial charge in [-0.25, -0.2) is 0 Å². The average molecular weight is 513 g/mol. The SMILES string of the molecule is COc1ccccc1.CSCCC1NC2(CCN(C(=O)S)CC2)N(Cc2cccc(C#N)c2)C1=O. The number of ether oxygens (including phenoxy) is 1. The molecule has 9 heteroatoms. The molecule has 1 atom stereocenters. The molecule has 2 aliphatic rings. The Morgan fingerprint density at radius 3 is 2.51 bits per heavy atom. The van der Waals surface area contributed by atoms with E-state index in [-0.39, 0.29) is 17.2 Å². The summed E-state index contributed by atoms with van der Waals surface area (Å²) in [5.74, 6) is 1.93. The van der Waals surface area contributed by atoms with Gasteiger partial charge in [0, 0.05) is 32.5 Å². The summed E-state index contributed by atoms with van der Waals surface area (Å²) in [6.45, 7) is 1.62. The third-order valence-corrected chi connectivity index (χ3v) is 7.30. The van der Waals surface area contributed by atoms with Gasteiger partial charge in [-0.05, 0) is 48.3 Å². The van der Waals surface area contributed by atoms with Crippen molar-refractivity contribution in [2.24, 2.45) is 0 Å². The predicted octanol–water partition coefficient (Wildman–Crippen LogP) is 4.15. The minimum Gasteiger partial charge on any atom is -0.497 e. The Bertz CT molecular complexity index is 1040. The second-order valence-electron chi connectivity index (χ2n) is 8.53. The van der Waals surface area contributed by atoms with E-state index in [2.05, 4.69) is 24.0 Å². The minimum atomic E-state index is -0.442. The second kappa shape index (κ2) is 12.9. The third kappa shape index (κ3) is 6.94. The van der Waals surface area contributed by atoms with Gasteiger partial charge >= 0.3 is 0 Å². The standard InChI is InChI=1S/C19H24N4O2S2.C7H8O/c1-27-10-5-16-17(24)23(13-15-4-2-3-14(11-15)12-20)19(21-16)6-8-22(9-7-19)18(25)26;1-8-7-5-3-2-4-6-7/h2-4,11,16,21H,5-10,13H2,1H3,(H,25,26);2-6H,1H3. The van der Waals surface area contributed by atoms with E-state index in [9.17, 15) is 9.59 Å². The predicted molar refractivity (Wildman–Crippen MR) is 143 cm³/mol. The number of carbonyl (C=O) groups excluding carboxylic acids is 2. The summed E-state index contributed by atoms with van der Waals surface area (Å²) < 4.78 is 4.91. The molecule has 4 rings (SSSR count). The van der Waals surface area contributed by atoms with Gasteiger partial charge < -0.3 is 14.5 Å². The second-order valence-corrected chi connectivity index (χ2v) is 9.90. The Balaban J connectivity index is 0.000000363. The average Bonchev–Trinajstić information content (AvgIpc) is 3.14. The normalized spacial score (nSPS) is 18.6. The molecule has 1 N–H and O–H groups in total. The van der Waals surface area contributed by atoms with Crippen LogP contribution >= 0.6 is 24.4 Å². The maximum Gasteiger partial charge on any atom is 0.278 e. The number of hydrogen-bond acceptors (Lipinski definition) is 6. The highest BCUT2D eigenvalue weighted by Crippen LogP contribution is 2.35. The van der Waals surface area contributed by atoms with Crippen molar-refractivity contribution in [3.8, 4) is 11.8 Å². The number of carbonyl (C=O) groups is 2. The van der Waals surface area contributed by atoms with Crippen LogP contribution < -0.4 is 10.1 Å². The van der Waals surface area contributed by atoms with Crippen LogP contribution in [0.15, 0.2) is 54.6 Å². The highest BCUT2D eigenvalue weighted by Gasteiger charge is 2.51. The van der Waals surface area contributed by atoms with Crippen molar-refractivity contribution in [2.75, 3.05) is 32.2 Å². The van der Waals surface area contributed by atoms with Crippen molar-refractivity contribution in [1.82, 2.24) is 15.1 Å². The van der Waals surface area contributed by atoms with Crippen molar-refractivity contribution in [3.63, 3.8) is 0 Å². The molecule has 1 unspecified atom stereocenters. The number of nitrogens with one attached hydrogen (secondary N) is 1. The van der Waals surface area contributed by atoms with Crippen molar-refractivity contribution in [2.45, 2.75) is 37.5 Å². The van der Waals surface area contributed by atoms with Crippen molar-refractivity contribution in [1.29, 1.82) is 5.26 Å². The lowest BCUT2D eigenvalue weighted by Gasteiger charge is -2.44. The van der Waals surface area contributed by atoms with Gasteiger partial charge in [-0.15, -0.1) is 0 Å². The lowest BCUT2D eigenvalue weighted by molar-refractivity contribution is -0.134.